The first-order chi connectivity index (χ1) is 13.2. The van der Waals surface area contributed by atoms with Crippen LogP contribution in [0.25, 0.3) is 0 Å². The highest BCUT2D eigenvalue weighted by Crippen LogP contribution is 2.10. The van der Waals surface area contributed by atoms with Crippen LogP contribution in [-0.4, -0.2) is 34.9 Å². The maximum absolute atomic E-state index is 11.3. The number of allylic oxidation sites excluding steroid dienone is 3. The van der Waals surface area contributed by atoms with Gasteiger partial charge in [0.15, 0.2) is 0 Å². The summed E-state index contributed by atoms with van der Waals surface area (Å²) >= 11 is 0. The van der Waals surface area contributed by atoms with Crippen LogP contribution in [0.2, 0.25) is 0 Å². The average molecular weight is 382 g/mol. The molecule has 0 fully saturated rings. The smallest absolute Gasteiger partial charge is 0.220 e. The molecule has 4 nitrogen and oxygen atoms in total. The molecule has 0 rings (SSSR count). The van der Waals surface area contributed by atoms with E-state index < -0.39 is 12.1 Å². The number of rotatable bonds is 18. The number of aliphatic hydroxyl groups excluding tert-OH is 2. The maximum atomic E-state index is 11.3. The normalized spacial score (nSPS) is 14.1. The number of carbonyl (C=O) groups is 1. The van der Waals surface area contributed by atoms with Crippen LogP contribution in [-0.2, 0) is 4.79 Å². The van der Waals surface area contributed by atoms with Crippen molar-refractivity contribution in [2.45, 2.75) is 109 Å². The molecular weight excluding hydrogens is 338 g/mol. The van der Waals surface area contributed by atoms with Crippen LogP contribution in [0.3, 0.4) is 0 Å². The Morgan fingerprint density at radius 1 is 0.852 bits per heavy atom. The molecule has 27 heavy (non-hydrogen) atoms. The lowest BCUT2D eigenvalue weighted by molar-refractivity contribution is -0.122. The van der Waals surface area contributed by atoms with Crippen molar-refractivity contribution in [1.82, 2.24) is 5.32 Å². The van der Waals surface area contributed by atoms with Gasteiger partial charge >= 0.3 is 0 Å². The lowest BCUT2D eigenvalue weighted by Gasteiger charge is -2.19. The summed E-state index contributed by atoms with van der Waals surface area (Å²) in [4.78, 5) is 11.3. The van der Waals surface area contributed by atoms with Gasteiger partial charge in [-0.1, -0.05) is 89.5 Å². The van der Waals surface area contributed by atoms with Crippen LogP contribution in [0.1, 0.15) is 97.3 Å². The summed E-state index contributed by atoms with van der Waals surface area (Å²) in [6.07, 6.45) is 22.7. The van der Waals surface area contributed by atoms with E-state index in [0.29, 0.717) is 6.42 Å². The summed E-state index contributed by atoms with van der Waals surface area (Å²) in [5.41, 5.74) is 0. The lowest BCUT2D eigenvalue weighted by atomic mass is 10.1. The average Bonchev–Trinajstić information content (AvgIpc) is 2.68. The molecule has 0 aliphatic rings. The monoisotopic (exact) mass is 381 g/mol. The number of hydrogen-bond acceptors (Lipinski definition) is 3. The van der Waals surface area contributed by atoms with Crippen LogP contribution < -0.4 is 5.32 Å². The molecule has 0 aromatic heterocycles. The lowest BCUT2D eigenvalue weighted by Crippen LogP contribution is -2.44. The number of aliphatic hydroxyl groups is 2. The standard InChI is InChI=1S/C23H43NO3/c1-3-5-6-7-8-9-10-11-12-13-14-15-16-17-18-19-22(26)21(20-25)24-23(27)4-2/h14-15,18-19,21-22,25-26H,3-13,16-17,20H2,1-2H3,(H,24,27)/b15-14+,19-18+. The summed E-state index contributed by atoms with van der Waals surface area (Å²) in [6, 6.07) is -0.629. The van der Waals surface area contributed by atoms with Gasteiger partial charge in [-0.05, 0) is 25.7 Å². The van der Waals surface area contributed by atoms with Gasteiger partial charge in [0.25, 0.3) is 0 Å². The Hall–Kier alpha value is -1.13. The Labute approximate surface area is 167 Å². The summed E-state index contributed by atoms with van der Waals surface area (Å²) in [5, 5.41) is 21.8. The van der Waals surface area contributed by atoms with Crippen LogP contribution in [0, 0.1) is 0 Å². The molecule has 0 aliphatic carbocycles. The van der Waals surface area contributed by atoms with Crippen LogP contribution in [0.5, 0.6) is 0 Å². The van der Waals surface area contributed by atoms with E-state index in [1.807, 2.05) is 6.08 Å². The second kappa shape index (κ2) is 19.6. The molecule has 0 spiro atoms. The molecule has 0 saturated carbocycles. The fourth-order valence-corrected chi connectivity index (χ4v) is 2.92. The van der Waals surface area contributed by atoms with Crippen LogP contribution in [0.15, 0.2) is 24.3 Å². The van der Waals surface area contributed by atoms with Crippen molar-refractivity contribution in [2.24, 2.45) is 0 Å². The summed E-state index contributed by atoms with van der Waals surface area (Å²) < 4.78 is 0. The number of carbonyl (C=O) groups excluding carboxylic acids is 1. The van der Waals surface area contributed by atoms with Crippen LogP contribution >= 0.6 is 0 Å². The van der Waals surface area contributed by atoms with Gasteiger partial charge in [-0.15, -0.1) is 0 Å². The first kappa shape index (κ1) is 25.9. The molecule has 0 aliphatic heterocycles. The van der Waals surface area contributed by atoms with Crippen molar-refractivity contribution < 1.29 is 15.0 Å². The third-order valence-electron chi connectivity index (χ3n) is 4.75. The Morgan fingerprint density at radius 2 is 1.41 bits per heavy atom. The highest BCUT2D eigenvalue weighted by atomic mass is 16.3. The number of unbranched alkanes of at least 4 members (excludes halogenated alkanes) is 10. The van der Waals surface area contributed by atoms with E-state index in [4.69, 9.17) is 0 Å². The van der Waals surface area contributed by atoms with Crippen molar-refractivity contribution in [1.29, 1.82) is 0 Å². The van der Waals surface area contributed by atoms with Crippen molar-refractivity contribution in [2.75, 3.05) is 6.61 Å². The van der Waals surface area contributed by atoms with E-state index in [2.05, 4.69) is 24.4 Å². The highest BCUT2D eigenvalue weighted by molar-refractivity contribution is 5.75. The molecule has 1 amide bonds. The largest absolute Gasteiger partial charge is 0.394 e. The van der Waals surface area contributed by atoms with Crippen molar-refractivity contribution in [3.8, 4) is 0 Å². The molecular formula is C23H43NO3. The summed E-state index contributed by atoms with van der Waals surface area (Å²) in [7, 11) is 0. The molecule has 158 valence electrons. The molecule has 0 saturated heterocycles. The minimum atomic E-state index is -0.851. The Morgan fingerprint density at radius 3 is 2.00 bits per heavy atom. The van der Waals surface area contributed by atoms with Crippen molar-refractivity contribution >= 4 is 5.91 Å². The zero-order chi connectivity index (χ0) is 20.2. The fraction of sp³-hybridized carbons (Fsp3) is 0.783. The topological polar surface area (TPSA) is 69.6 Å². The first-order valence-electron chi connectivity index (χ1n) is 11.1. The molecule has 4 heteroatoms. The summed E-state index contributed by atoms with van der Waals surface area (Å²) in [5.74, 6) is -0.166. The molecule has 0 heterocycles. The third-order valence-corrected chi connectivity index (χ3v) is 4.75. The molecule has 0 bridgehead atoms. The first-order valence-corrected chi connectivity index (χ1v) is 11.1. The van der Waals surface area contributed by atoms with Gasteiger partial charge in [-0.3, -0.25) is 4.79 Å². The van der Waals surface area contributed by atoms with E-state index >= 15 is 0 Å². The van der Waals surface area contributed by atoms with Gasteiger partial charge in [0.1, 0.15) is 0 Å². The van der Waals surface area contributed by atoms with Crippen molar-refractivity contribution in [3.05, 3.63) is 24.3 Å². The fourth-order valence-electron chi connectivity index (χ4n) is 2.92. The second-order valence-corrected chi connectivity index (χ2v) is 7.29. The third kappa shape index (κ3) is 16.7. The van der Waals surface area contributed by atoms with Gasteiger partial charge < -0.3 is 15.5 Å². The maximum Gasteiger partial charge on any atom is 0.220 e. The summed E-state index contributed by atoms with van der Waals surface area (Å²) in [6.45, 7) is 3.73. The van der Waals surface area contributed by atoms with Gasteiger partial charge in [0, 0.05) is 6.42 Å². The minimum absolute atomic E-state index is 0.166. The van der Waals surface area contributed by atoms with Crippen molar-refractivity contribution in [3.63, 3.8) is 0 Å². The number of hydrogen-bond donors (Lipinski definition) is 3. The zero-order valence-corrected chi connectivity index (χ0v) is 17.7. The van der Waals surface area contributed by atoms with Gasteiger partial charge in [-0.25, -0.2) is 0 Å². The van der Waals surface area contributed by atoms with E-state index in [9.17, 15) is 15.0 Å². The van der Waals surface area contributed by atoms with Gasteiger partial charge in [-0.2, -0.15) is 0 Å². The van der Waals surface area contributed by atoms with Gasteiger partial charge in [0.2, 0.25) is 5.91 Å². The highest BCUT2D eigenvalue weighted by Gasteiger charge is 2.16. The molecule has 3 N–H and O–H groups in total. The van der Waals surface area contributed by atoms with Gasteiger partial charge in [0.05, 0.1) is 18.8 Å². The molecule has 0 aromatic rings. The van der Waals surface area contributed by atoms with Crippen LogP contribution in [0.4, 0.5) is 0 Å². The molecule has 0 radical (unpaired) electrons. The number of amides is 1. The van der Waals surface area contributed by atoms with E-state index in [-0.39, 0.29) is 12.5 Å². The Kier molecular flexibility index (Phi) is 18.8. The Bertz CT molecular complexity index is 393. The minimum Gasteiger partial charge on any atom is -0.394 e. The Balaban J connectivity index is 3.59. The predicted octanol–water partition coefficient (Wildman–Crippen LogP) is 5.05. The van der Waals surface area contributed by atoms with E-state index in [1.165, 1.54) is 57.8 Å². The quantitative estimate of drug-likeness (QED) is 0.230. The second-order valence-electron chi connectivity index (χ2n) is 7.29. The molecule has 0 aromatic carbocycles. The van der Waals surface area contributed by atoms with E-state index in [1.54, 1.807) is 13.0 Å². The predicted molar refractivity (Wildman–Crippen MR) is 115 cm³/mol. The van der Waals surface area contributed by atoms with E-state index in [0.717, 1.165) is 19.3 Å². The SMILES string of the molecule is CCCCCCCCCCC/C=C/CC/C=C/C(O)C(CO)NC(=O)CC. The molecule has 2 unspecified atom stereocenters. The molecule has 2 atom stereocenters. The number of nitrogens with one attached hydrogen (secondary N) is 1. The zero-order valence-electron chi connectivity index (χ0n) is 17.7.